The fraction of sp³-hybridized carbons (Fsp3) is 0.211. The van der Waals surface area contributed by atoms with Gasteiger partial charge in [-0.1, -0.05) is 17.3 Å². The summed E-state index contributed by atoms with van der Waals surface area (Å²) in [6, 6.07) is 13.2. The molecule has 0 aliphatic heterocycles. The smallest absolute Gasteiger partial charge is 0.228 e. The lowest BCUT2D eigenvalue weighted by Crippen LogP contribution is -2.27. The molecule has 7 heteroatoms. The Labute approximate surface area is 150 Å². The number of nitrogens with zero attached hydrogens (tertiary/aromatic N) is 2. The molecule has 1 heterocycles. The molecule has 3 rings (SSSR count). The van der Waals surface area contributed by atoms with E-state index in [1.165, 1.54) is 12.1 Å². The highest BCUT2D eigenvalue weighted by Crippen LogP contribution is 2.19. The van der Waals surface area contributed by atoms with Crippen molar-refractivity contribution in [3.8, 4) is 17.1 Å². The minimum absolute atomic E-state index is 0.147. The first kappa shape index (κ1) is 17.6. The zero-order chi connectivity index (χ0) is 18.4. The van der Waals surface area contributed by atoms with Crippen LogP contribution in [-0.2, 0) is 17.6 Å². The predicted octanol–water partition coefficient (Wildman–Crippen LogP) is 2.79. The van der Waals surface area contributed by atoms with E-state index in [2.05, 4.69) is 15.5 Å². The molecule has 2 aromatic carbocycles. The van der Waals surface area contributed by atoms with Crippen LogP contribution < -0.4 is 10.1 Å². The van der Waals surface area contributed by atoms with Gasteiger partial charge in [0.2, 0.25) is 17.6 Å². The van der Waals surface area contributed by atoms with Crippen LogP contribution in [0.15, 0.2) is 53.1 Å². The summed E-state index contributed by atoms with van der Waals surface area (Å²) in [4.78, 5) is 16.2. The highest BCUT2D eigenvalue weighted by molar-refractivity contribution is 5.78. The zero-order valence-electron chi connectivity index (χ0n) is 14.2. The molecule has 0 aliphatic carbocycles. The third-order valence-electron chi connectivity index (χ3n) is 3.76. The molecule has 0 atom stereocenters. The topological polar surface area (TPSA) is 77.3 Å². The van der Waals surface area contributed by atoms with Gasteiger partial charge in [0.15, 0.2) is 0 Å². The number of halogens is 1. The lowest BCUT2D eigenvalue weighted by atomic mass is 10.1. The molecule has 0 radical (unpaired) electrons. The molecule has 26 heavy (non-hydrogen) atoms. The summed E-state index contributed by atoms with van der Waals surface area (Å²) in [7, 11) is 1.60. The van der Waals surface area contributed by atoms with Gasteiger partial charge in [0, 0.05) is 18.5 Å². The van der Waals surface area contributed by atoms with Crippen LogP contribution in [0.25, 0.3) is 11.4 Å². The summed E-state index contributed by atoms with van der Waals surface area (Å²) in [5.74, 6) is 1.21. The third kappa shape index (κ3) is 4.66. The third-order valence-corrected chi connectivity index (χ3v) is 3.76. The Bertz CT molecular complexity index is 860. The lowest BCUT2D eigenvalue weighted by molar-refractivity contribution is -0.120. The predicted molar refractivity (Wildman–Crippen MR) is 93.1 cm³/mol. The second kappa shape index (κ2) is 8.24. The van der Waals surface area contributed by atoms with Crippen LogP contribution in [0.3, 0.4) is 0 Å². The Morgan fingerprint density at radius 1 is 1.15 bits per heavy atom. The summed E-state index contributed by atoms with van der Waals surface area (Å²) in [6.45, 7) is 0.379. The fourth-order valence-electron chi connectivity index (χ4n) is 2.37. The number of benzene rings is 2. The highest BCUT2D eigenvalue weighted by atomic mass is 19.1. The minimum atomic E-state index is -0.321. The maximum Gasteiger partial charge on any atom is 0.228 e. The van der Waals surface area contributed by atoms with Crippen molar-refractivity contribution in [3.63, 3.8) is 0 Å². The van der Waals surface area contributed by atoms with Gasteiger partial charge in [-0.25, -0.2) is 4.39 Å². The van der Waals surface area contributed by atoms with Crippen molar-refractivity contribution in [3.05, 3.63) is 65.8 Å². The van der Waals surface area contributed by atoms with Gasteiger partial charge in [-0.05, 0) is 42.0 Å². The highest BCUT2D eigenvalue weighted by Gasteiger charge is 2.10. The minimum Gasteiger partial charge on any atom is -0.497 e. The fourth-order valence-corrected chi connectivity index (χ4v) is 2.37. The van der Waals surface area contributed by atoms with Gasteiger partial charge >= 0.3 is 0 Å². The maximum atomic E-state index is 12.8. The first-order valence-electron chi connectivity index (χ1n) is 8.12. The van der Waals surface area contributed by atoms with Gasteiger partial charge in [0.1, 0.15) is 11.6 Å². The number of amides is 1. The molecule has 1 aromatic heterocycles. The molecule has 3 aromatic rings. The summed E-state index contributed by atoms with van der Waals surface area (Å²) < 4.78 is 23.2. The van der Waals surface area contributed by atoms with E-state index in [-0.39, 0.29) is 18.1 Å². The van der Waals surface area contributed by atoms with Crippen LogP contribution in [-0.4, -0.2) is 29.7 Å². The number of hydrogen-bond donors (Lipinski definition) is 1. The Hall–Kier alpha value is -3.22. The SMILES string of the molecule is COc1ccc(-c2noc(CCNC(=O)Cc3ccc(F)cc3)n2)cc1. The molecule has 6 nitrogen and oxygen atoms in total. The first-order valence-corrected chi connectivity index (χ1v) is 8.12. The van der Waals surface area contributed by atoms with Gasteiger partial charge in [-0.2, -0.15) is 4.98 Å². The van der Waals surface area contributed by atoms with Crippen molar-refractivity contribution in [1.29, 1.82) is 0 Å². The number of nitrogens with one attached hydrogen (secondary N) is 1. The van der Waals surface area contributed by atoms with E-state index in [9.17, 15) is 9.18 Å². The normalized spacial score (nSPS) is 10.5. The Morgan fingerprint density at radius 3 is 2.58 bits per heavy atom. The quantitative estimate of drug-likeness (QED) is 0.705. The molecule has 0 saturated heterocycles. The summed E-state index contributed by atoms with van der Waals surface area (Å²) in [6.07, 6.45) is 0.625. The molecule has 1 amide bonds. The second-order valence-electron chi connectivity index (χ2n) is 5.64. The molecule has 0 aliphatic rings. The molecule has 0 bridgehead atoms. The van der Waals surface area contributed by atoms with Crippen molar-refractivity contribution < 1.29 is 18.4 Å². The van der Waals surface area contributed by atoms with E-state index < -0.39 is 0 Å². The molecule has 0 unspecified atom stereocenters. The van der Waals surface area contributed by atoms with E-state index in [0.29, 0.717) is 24.7 Å². The van der Waals surface area contributed by atoms with Gasteiger partial charge < -0.3 is 14.6 Å². The maximum absolute atomic E-state index is 12.8. The van der Waals surface area contributed by atoms with E-state index in [1.54, 1.807) is 19.2 Å². The first-order chi connectivity index (χ1) is 12.6. The van der Waals surface area contributed by atoms with E-state index in [0.717, 1.165) is 16.9 Å². The van der Waals surface area contributed by atoms with Crippen LogP contribution in [0, 0.1) is 5.82 Å². The van der Waals surface area contributed by atoms with Crippen LogP contribution >= 0.6 is 0 Å². The number of rotatable bonds is 7. The lowest BCUT2D eigenvalue weighted by Gasteiger charge is -2.03. The van der Waals surface area contributed by atoms with E-state index >= 15 is 0 Å². The average molecular weight is 355 g/mol. The Balaban J connectivity index is 1.48. The van der Waals surface area contributed by atoms with E-state index in [1.807, 2.05) is 24.3 Å². The largest absolute Gasteiger partial charge is 0.497 e. The van der Waals surface area contributed by atoms with Crippen molar-refractivity contribution in [2.75, 3.05) is 13.7 Å². The molecule has 134 valence electrons. The molecule has 0 saturated carbocycles. The average Bonchev–Trinajstić information content (AvgIpc) is 3.12. The zero-order valence-corrected chi connectivity index (χ0v) is 14.2. The van der Waals surface area contributed by atoms with Gasteiger partial charge in [-0.15, -0.1) is 0 Å². The number of ether oxygens (including phenoxy) is 1. The molecule has 0 fully saturated rings. The van der Waals surface area contributed by atoms with Gasteiger partial charge in [0.25, 0.3) is 0 Å². The van der Waals surface area contributed by atoms with Crippen molar-refractivity contribution in [2.24, 2.45) is 0 Å². The summed E-state index contributed by atoms with van der Waals surface area (Å²) in [5.41, 5.74) is 1.57. The summed E-state index contributed by atoms with van der Waals surface area (Å²) >= 11 is 0. The van der Waals surface area contributed by atoms with Crippen LogP contribution in [0.4, 0.5) is 4.39 Å². The Kier molecular flexibility index (Phi) is 5.58. The van der Waals surface area contributed by atoms with E-state index in [4.69, 9.17) is 9.26 Å². The number of aromatic nitrogens is 2. The summed E-state index contributed by atoms with van der Waals surface area (Å²) in [5, 5.41) is 6.72. The second-order valence-corrected chi connectivity index (χ2v) is 5.64. The monoisotopic (exact) mass is 355 g/mol. The van der Waals surface area contributed by atoms with Crippen molar-refractivity contribution in [2.45, 2.75) is 12.8 Å². The number of hydrogen-bond acceptors (Lipinski definition) is 5. The van der Waals surface area contributed by atoms with Crippen molar-refractivity contribution >= 4 is 5.91 Å². The number of carbonyl (C=O) groups excluding carboxylic acids is 1. The molecule has 1 N–H and O–H groups in total. The van der Waals surface area contributed by atoms with Crippen LogP contribution in [0.1, 0.15) is 11.5 Å². The molecule has 0 spiro atoms. The number of carbonyl (C=O) groups is 1. The Morgan fingerprint density at radius 2 is 1.88 bits per heavy atom. The van der Waals surface area contributed by atoms with Gasteiger partial charge in [0.05, 0.1) is 13.5 Å². The molecular formula is C19H18FN3O3. The molecular weight excluding hydrogens is 337 g/mol. The standard InChI is InChI=1S/C19H18FN3O3/c1-25-16-8-4-14(5-9-16)19-22-18(26-23-19)10-11-21-17(24)12-13-2-6-15(20)7-3-13/h2-9H,10-12H2,1H3,(H,21,24). The number of methoxy groups -OCH3 is 1. The van der Waals surface area contributed by atoms with Gasteiger partial charge in [-0.3, -0.25) is 4.79 Å². The van der Waals surface area contributed by atoms with Crippen molar-refractivity contribution in [1.82, 2.24) is 15.5 Å². The van der Waals surface area contributed by atoms with Crippen LogP contribution in [0.5, 0.6) is 5.75 Å². The van der Waals surface area contributed by atoms with Crippen LogP contribution in [0.2, 0.25) is 0 Å².